The molecule has 0 saturated heterocycles. The van der Waals surface area contributed by atoms with Crippen molar-refractivity contribution < 1.29 is 4.79 Å². The highest BCUT2D eigenvalue weighted by Crippen LogP contribution is 2.20. The van der Waals surface area contributed by atoms with Gasteiger partial charge in [0.2, 0.25) is 0 Å². The molecule has 94 valence electrons. The van der Waals surface area contributed by atoms with E-state index in [-0.39, 0.29) is 5.91 Å². The van der Waals surface area contributed by atoms with Gasteiger partial charge in [-0.3, -0.25) is 9.48 Å². The second-order valence-electron chi connectivity index (χ2n) is 3.98. The summed E-state index contributed by atoms with van der Waals surface area (Å²) in [6.45, 7) is 1.86. The number of benzene rings is 1. The standard InChI is InChI=1S/C12H13BrN4O/c1-7-5-11(17(2)16-7)15-12(18)9-4-3-8(13)6-10(9)14/h3-6H,14H2,1-2H3,(H,15,18). The zero-order valence-corrected chi connectivity index (χ0v) is 11.7. The van der Waals surface area contributed by atoms with E-state index in [9.17, 15) is 4.79 Å². The number of carbonyl (C=O) groups excluding carboxylic acids is 1. The lowest BCUT2D eigenvalue weighted by atomic mass is 10.1. The molecule has 6 heteroatoms. The van der Waals surface area contributed by atoms with Crippen molar-refractivity contribution in [3.8, 4) is 0 Å². The minimum Gasteiger partial charge on any atom is -0.398 e. The van der Waals surface area contributed by atoms with Gasteiger partial charge in [0.1, 0.15) is 5.82 Å². The highest BCUT2D eigenvalue weighted by Gasteiger charge is 2.12. The summed E-state index contributed by atoms with van der Waals surface area (Å²) in [6.07, 6.45) is 0. The normalized spacial score (nSPS) is 10.4. The number of hydrogen-bond acceptors (Lipinski definition) is 3. The van der Waals surface area contributed by atoms with Crippen LogP contribution in [0.4, 0.5) is 11.5 Å². The van der Waals surface area contributed by atoms with Crippen LogP contribution in [-0.2, 0) is 7.05 Å². The lowest BCUT2D eigenvalue weighted by Gasteiger charge is -2.07. The van der Waals surface area contributed by atoms with Crippen molar-refractivity contribution in [3.05, 3.63) is 40.0 Å². The molecule has 1 amide bonds. The highest BCUT2D eigenvalue weighted by molar-refractivity contribution is 9.10. The molecule has 0 aliphatic heterocycles. The second kappa shape index (κ2) is 4.81. The summed E-state index contributed by atoms with van der Waals surface area (Å²) in [4.78, 5) is 12.1. The molecule has 18 heavy (non-hydrogen) atoms. The van der Waals surface area contributed by atoms with Crippen molar-refractivity contribution in [2.75, 3.05) is 11.1 Å². The number of nitrogens with zero attached hydrogens (tertiary/aromatic N) is 2. The molecule has 1 aromatic heterocycles. The first-order valence-electron chi connectivity index (χ1n) is 5.34. The Morgan fingerprint density at radius 2 is 2.17 bits per heavy atom. The maximum Gasteiger partial charge on any atom is 0.258 e. The van der Waals surface area contributed by atoms with E-state index >= 15 is 0 Å². The topological polar surface area (TPSA) is 72.9 Å². The number of carbonyl (C=O) groups is 1. The fourth-order valence-corrected chi connectivity index (χ4v) is 2.03. The van der Waals surface area contributed by atoms with Crippen LogP contribution >= 0.6 is 15.9 Å². The molecule has 0 atom stereocenters. The van der Waals surface area contributed by atoms with Gasteiger partial charge in [0.15, 0.2) is 0 Å². The molecular formula is C12H13BrN4O. The van der Waals surface area contributed by atoms with Gasteiger partial charge in [-0.15, -0.1) is 0 Å². The van der Waals surface area contributed by atoms with Gasteiger partial charge >= 0.3 is 0 Å². The average molecular weight is 309 g/mol. The van der Waals surface area contributed by atoms with Crippen LogP contribution in [0.2, 0.25) is 0 Å². The zero-order chi connectivity index (χ0) is 13.3. The molecule has 0 radical (unpaired) electrons. The van der Waals surface area contributed by atoms with Crippen LogP contribution < -0.4 is 11.1 Å². The number of nitrogens with one attached hydrogen (secondary N) is 1. The molecule has 0 bridgehead atoms. The van der Waals surface area contributed by atoms with E-state index in [0.29, 0.717) is 17.1 Å². The summed E-state index contributed by atoms with van der Waals surface area (Å²) in [5.41, 5.74) is 7.52. The molecule has 0 fully saturated rings. The number of amides is 1. The Kier molecular flexibility index (Phi) is 3.38. The van der Waals surface area contributed by atoms with Gasteiger partial charge in [-0.25, -0.2) is 0 Å². The first-order chi connectivity index (χ1) is 8.47. The van der Waals surface area contributed by atoms with E-state index in [2.05, 4.69) is 26.3 Å². The second-order valence-corrected chi connectivity index (χ2v) is 4.90. The number of rotatable bonds is 2. The molecule has 2 rings (SSSR count). The summed E-state index contributed by atoms with van der Waals surface area (Å²) >= 11 is 3.30. The predicted molar refractivity (Wildman–Crippen MR) is 74.5 cm³/mol. The fraction of sp³-hybridized carbons (Fsp3) is 0.167. The Morgan fingerprint density at radius 3 is 2.72 bits per heavy atom. The number of nitrogens with two attached hydrogens (primary N) is 1. The van der Waals surface area contributed by atoms with Gasteiger partial charge < -0.3 is 11.1 Å². The number of nitrogen functional groups attached to an aromatic ring is 1. The summed E-state index contributed by atoms with van der Waals surface area (Å²) < 4.78 is 2.45. The number of anilines is 2. The van der Waals surface area contributed by atoms with Crippen molar-refractivity contribution >= 4 is 33.3 Å². The minimum atomic E-state index is -0.247. The molecule has 0 aliphatic carbocycles. The quantitative estimate of drug-likeness (QED) is 0.836. The van der Waals surface area contributed by atoms with Gasteiger partial charge in [0.25, 0.3) is 5.91 Å². The van der Waals surface area contributed by atoms with E-state index in [1.807, 2.05) is 6.92 Å². The SMILES string of the molecule is Cc1cc(NC(=O)c2ccc(Br)cc2N)n(C)n1. The molecule has 5 nitrogen and oxygen atoms in total. The molecule has 1 heterocycles. The Bertz CT molecular complexity index is 606. The fourth-order valence-electron chi connectivity index (χ4n) is 1.65. The first kappa shape index (κ1) is 12.6. The molecule has 1 aromatic carbocycles. The van der Waals surface area contributed by atoms with E-state index in [0.717, 1.165) is 10.2 Å². The average Bonchev–Trinajstić information content (AvgIpc) is 2.57. The van der Waals surface area contributed by atoms with Crippen molar-refractivity contribution in [1.29, 1.82) is 0 Å². The van der Waals surface area contributed by atoms with E-state index in [4.69, 9.17) is 5.73 Å². The third kappa shape index (κ3) is 2.53. The zero-order valence-electron chi connectivity index (χ0n) is 10.1. The third-order valence-electron chi connectivity index (χ3n) is 2.50. The summed E-state index contributed by atoms with van der Waals surface area (Å²) in [6, 6.07) is 6.95. The number of halogens is 1. The van der Waals surface area contributed by atoms with Crippen molar-refractivity contribution in [1.82, 2.24) is 9.78 Å². The molecule has 0 unspecified atom stereocenters. The van der Waals surface area contributed by atoms with E-state index in [1.54, 1.807) is 36.0 Å². The van der Waals surface area contributed by atoms with Gasteiger partial charge in [0, 0.05) is 23.3 Å². The Hall–Kier alpha value is -1.82. The molecule has 0 spiro atoms. The van der Waals surface area contributed by atoms with Crippen molar-refractivity contribution in [3.63, 3.8) is 0 Å². The van der Waals surface area contributed by atoms with Crippen molar-refractivity contribution in [2.45, 2.75) is 6.92 Å². The molecule has 2 aromatic rings. The van der Waals surface area contributed by atoms with E-state index in [1.165, 1.54) is 0 Å². The van der Waals surface area contributed by atoms with E-state index < -0.39 is 0 Å². The maximum atomic E-state index is 12.1. The van der Waals surface area contributed by atoms with Crippen LogP contribution in [0.15, 0.2) is 28.7 Å². The molecular weight excluding hydrogens is 296 g/mol. The molecule has 0 aliphatic rings. The van der Waals surface area contributed by atoms with Crippen molar-refractivity contribution in [2.24, 2.45) is 7.05 Å². The predicted octanol–water partition coefficient (Wildman–Crippen LogP) is 2.33. The van der Waals surface area contributed by atoms with Crippen LogP contribution in [0, 0.1) is 6.92 Å². The molecule has 3 N–H and O–H groups in total. The smallest absolute Gasteiger partial charge is 0.258 e. The van der Waals surface area contributed by atoms with Gasteiger partial charge in [-0.2, -0.15) is 5.10 Å². The molecule has 0 saturated carbocycles. The summed E-state index contributed by atoms with van der Waals surface area (Å²) in [5, 5.41) is 6.93. The van der Waals surface area contributed by atoms with Gasteiger partial charge in [0.05, 0.1) is 11.3 Å². The van der Waals surface area contributed by atoms with Crippen LogP contribution in [0.25, 0.3) is 0 Å². The maximum absolute atomic E-state index is 12.1. The number of hydrogen-bond donors (Lipinski definition) is 2. The van der Waals surface area contributed by atoms with Gasteiger partial charge in [-0.1, -0.05) is 15.9 Å². The lowest BCUT2D eigenvalue weighted by Crippen LogP contribution is -2.16. The van der Waals surface area contributed by atoms with Crippen LogP contribution in [0.5, 0.6) is 0 Å². The largest absolute Gasteiger partial charge is 0.398 e. The lowest BCUT2D eigenvalue weighted by molar-refractivity contribution is 0.102. The Morgan fingerprint density at radius 1 is 1.44 bits per heavy atom. The highest BCUT2D eigenvalue weighted by atomic mass is 79.9. The minimum absolute atomic E-state index is 0.247. The first-order valence-corrected chi connectivity index (χ1v) is 6.13. The third-order valence-corrected chi connectivity index (χ3v) is 3.00. The Balaban J connectivity index is 2.24. The number of aryl methyl sites for hydroxylation is 2. The van der Waals surface area contributed by atoms with Crippen LogP contribution in [0.1, 0.15) is 16.1 Å². The number of aromatic nitrogens is 2. The monoisotopic (exact) mass is 308 g/mol. The van der Waals surface area contributed by atoms with Crippen LogP contribution in [0.3, 0.4) is 0 Å². The van der Waals surface area contributed by atoms with Crippen LogP contribution in [-0.4, -0.2) is 15.7 Å². The summed E-state index contributed by atoms with van der Waals surface area (Å²) in [7, 11) is 1.77. The van der Waals surface area contributed by atoms with Gasteiger partial charge in [-0.05, 0) is 25.1 Å². The Labute approximate surface area is 113 Å². The summed E-state index contributed by atoms with van der Waals surface area (Å²) in [5.74, 6) is 0.391.